The highest BCUT2D eigenvalue weighted by Gasteiger charge is 2.21. The predicted octanol–water partition coefficient (Wildman–Crippen LogP) is 5.10. The van der Waals surface area contributed by atoms with Crippen LogP contribution in [-0.4, -0.2) is 33.1 Å². The van der Waals surface area contributed by atoms with Crippen LogP contribution in [0, 0.1) is 0 Å². The molecule has 174 valence electrons. The van der Waals surface area contributed by atoms with Gasteiger partial charge in [-0.25, -0.2) is 9.67 Å². The first kappa shape index (κ1) is 21.2. The number of rotatable bonds is 6. The van der Waals surface area contributed by atoms with Gasteiger partial charge in [-0.2, -0.15) is 4.98 Å². The fourth-order valence-corrected chi connectivity index (χ4v) is 4.21. The van der Waals surface area contributed by atoms with Crippen LogP contribution >= 0.6 is 11.6 Å². The Labute approximate surface area is 206 Å². The van der Waals surface area contributed by atoms with E-state index in [-0.39, 0.29) is 6.79 Å². The fraction of sp³-hybridized carbons (Fsp3) is 0.115. The van der Waals surface area contributed by atoms with Crippen LogP contribution in [0.3, 0.4) is 0 Å². The lowest BCUT2D eigenvalue weighted by Gasteiger charge is -2.09. The minimum Gasteiger partial charge on any atom is -0.454 e. The number of nitrogens with one attached hydrogen (secondary N) is 1. The zero-order valence-corrected chi connectivity index (χ0v) is 19.4. The Kier molecular flexibility index (Phi) is 5.35. The van der Waals surface area contributed by atoms with Crippen LogP contribution in [0.5, 0.6) is 11.5 Å². The summed E-state index contributed by atoms with van der Waals surface area (Å²) < 4.78 is 12.7. The molecule has 0 fully saturated rings. The van der Waals surface area contributed by atoms with Gasteiger partial charge in [0.1, 0.15) is 5.82 Å². The standard InChI is InChI=1S/C26H21ClN6O2/c27-18-7-9-19(10-8-18)33-24(28)22-23(17-6-11-20-21(14-17)35-15-34-20)30-26(31-25(22)32-33)29-13-12-16-4-2-1-3-5-16/h1-11,14H,12-13,15,28H2,(H,29,31,32). The molecule has 0 aliphatic carbocycles. The van der Waals surface area contributed by atoms with Gasteiger partial charge in [0, 0.05) is 17.1 Å². The molecule has 0 radical (unpaired) electrons. The van der Waals surface area contributed by atoms with E-state index in [2.05, 4.69) is 22.4 Å². The molecule has 2 aromatic heterocycles. The van der Waals surface area contributed by atoms with Crippen molar-refractivity contribution in [1.82, 2.24) is 19.7 Å². The molecular weight excluding hydrogens is 464 g/mol. The first-order valence-electron chi connectivity index (χ1n) is 11.2. The monoisotopic (exact) mass is 484 g/mol. The van der Waals surface area contributed by atoms with Gasteiger partial charge < -0.3 is 20.5 Å². The first-order valence-corrected chi connectivity index (χ1v) is 11.5. The van der Waals surface area contributed by atoms with Gasteiger partial charge in [-0.1, -0.05) is 41.9 Å². The summed E-state index contributed by atoms with van der Waals surface area (Å²) >= 11 is 6.07. The highest BCUT2D eigenvalue weighted by molar-refractivity contribution is 6.30. The zero-order chi connectivity index (χ0) is 23.8. The molecule has 0 saturated carbocycles. The lowest BCUT2D eigenvalue weighted by atomic mass is 10.1. The van der Waals surface area contributed by atoms with Gasteiger partial charge in [0.2, 0.25) is 12.7 Å². The van der Waals surface area contributed by atoms with Crippen LogP contribution in [0.15, 0.2) is 72.8 Å². The summed E-state index contributed by atoms with van der Waals surface area (Å²) in [6.45, 7) is 0.865. The molecule has 3 N–H and O–H groups in total. The number of nitrogen functional groups attached to an aromatic ring is 1. The van der Waals surface area contributed by atoms with Crippen molar-refractivity contribution in [3.63, 3.8) is 0 Å². The van der Waals surface area contributed by atoms with Crippen LogP contribution in [-0.2, 0) is 6.42 Å². The third-order valence-corrected chi connectivity index (χ3v) is 6.08. The number of halogens is 1. The molecule has 0 spiro atoms. The molecule has 0 amide bonds. The van der Waals surface area contributed by atoms with Crippen molar-refractivity contribution in [2.45, 2.75) is 6.42 Å². The lowest BCUT2D eigenvalue weighted by Crippen LogP contribution is -2.08. The fourth-order valence-electron chi connectivity index (χ4n) is 4.09. The largest absolute Gasteiger partial charge is 0.454 e. The van der Waals surface area contributed by atoms with Crippen molar-refractivity contribution in [2.24, 2.45) is 0 Å². The molecule has 8 nitrogen and oxygen atoms in total. The Hall–Kier alpha value is -4.30. The predicted molar refractivity (Wildman–Crippen MR) is 136 cm³/mol. The number of ether oxygens (including phenoxy) is 2. The van der Waals surface area contributed by atoms with Crippen LogP contribution in [0.25, 0.3) is 28.0 Å². The molecule has 0 unspecified atom stereocenters. The minimum absolute atomic E-state index is 0.195. The van der Waals surface area contributed by atoms with Gasteiger partial charge in [0.05, 0.1) is 16.8 Å². The van der Waals surface area contributed by atoms with Gasteiger partial charge in [0.15, 0.2) is 17.1 Å². The third kappa shape index (κ3) is 4.08. The quantitative estimate of drug-likeness (QED) is 0.345. The Bertz CT molecular complexity index is 1520. The van der Waals surface area contributed by atoms with Gasteiger partial charge in [0.25, 0.3) is 0 Å². The summed E-state index contributed by atoms with van der Waals surface area (Å²) in [6.07, 6.45) is 0.836. The Balaban J connectivity index is 1.43. The molecule has 1 aliphatic heterocycles. The van der Waals surface area contributed by atoms with Crippen molar-refractivity contribution in [3.05, 3.63) is 83.4 Å². The van der Waals surface area contributed by atoms with Crippen molar-refractivity contribution >= 4 is 34.4 Å². The molecule has 6 rings (SSSR count). The van der Waals surface area contributed by atoms with E-state index in [1.807, 2.05) is 48.5 Å². The molecule has 5 aromatic rings. The number of nitrogens with zero attached hydrogens (tertiary/aromatic N) is 4. The summed E-state index contributed by atoms with van der Waals surface area (Å²) in [7, 11) is 0. The number of nitrogens with two attached hydrogens (primary N) is 1. The van der Waals surface area contributed by atoms with Gasteiger partial charge in [-0.05, 0) is 54.4 Å². The Morgan fingerprint density at radius 3 is 2.57 bits per heavy atom. The molecule has 0 bridgehead atoms. The average Bonchev–Trinajstić information content (AvgIpc) is 3.49. The molecule has 3 heterocycles. The number of aromatic nitrogens is 4. The lowest BCUT2D eigenvalue weighted by molar-refractivity contribution is 0.174. The number of benzene rings is 3. The van der Waals surface area contributed by atoms with Gasteiger partial charge in [-0.3, -0.25) is 0 Å². The Morgan fingerprint density at radius 1 is 0.943 bits per heavy atom. The molecule has 35 heavy (non-hydrogen) atoms. The maximum Gasteiger partial charge on any atom is 0.231 e. The molecule has 9 heteroatoms. The smallest absolute Gasteiger partial charge is 0.231 e. The van der Waals surface area contributed by atoms with E-state index in [0.29, 0.717) is 51.6 Å². The Morgan fingerprint density at radius 2 is 1.74 bits per heavy atom. The summed E-state index contributed by atoms with van der Waals surface area (Å²) in [6, 6.07) is 23.3. The van der Waals surface area contributed by atoms with E-state index in [0.717, 1.165) is 17.7 Å². The highest BCUT2D eigenvalue weighted by atomic mass is 35.5. The number of hydrogen-bond donors (Lipinski definition) is 2. The first-order chi connectivity index (χ1) is 17.2. The van der Waals surface area contributed by atoms with E-state index < -0.39 is 0 Å². The second kappa shape index (κ2) is 8.81. The number of fused-ring (bicyclic) bond motifs is 2. The molecular formula is C26H21ClN6O2. The van der Waals surface area contributed by atoms with Gasteiger partial charge in [-0.15, -0.1) is 5.10 Å². The summed E-state index contributed by atoms with van der Waals surface area (Å²) in [4.78, 5) is 9.51. The summed E-state index contributed by atoms with van der Waals surface area (Å²) in [5.41, 5.74) is 10.6. The van der Waals surface area contributed by atoms with E-state index in [1.54, 1.807) is 16.8 Å². The van der Waals surface area contributed by atoms with Crippen LogP contribution in [0.4, 0.5) is 11.8 Å². The molecule has 1 aliphatic rings. The summed E-state index contributed by atoms with van der Waals surface area (Å²) in [5, 5.41) is 9.33. The van der Waals surface area contributed by atoms with Crippen molar-refractivity contribution < 1.29 is 9.47 Å². The second-order valence-corrected chi connectivity index (χ2v) is 8.53. The van der Waals surface area contributed by atoms with E-state index in [9.17, 15) is 0 Å². The van der Waals surface area contributed by atoms with Crippen molar-refractivity contribution in [1.29, 1.82) is 0 Å². The maximum absolute atomic E-state index is 6.60. The van der Waals surface area contributed by atoms with Crippen LogP contribution in [0.2, 0.25) is 5.02 Å². The van der Waals surface area contributed by atoms with Crippen molar-refractivity contribution in [2.75, 3.05) is 24.4 Å². The zero-order valence-electron chi connectivity index (χ0n) is 18.6. The van der Waals surface area contributed by atoms with E-state index in [4.69, 9.17) is 36.9 Å². The maximum atomic E-state index is 6.60. The van der Waals surface area contributed by atoms with E-state index >= 15 is 0 Å². The third-order valence-electron chi connectivity index (χ3n) is 5.83. The second-order valence-electron chi connectivity index (χ2n) is 8.10. The minimum atomic E-state index is 0.195. The number of hydrogen-bond acceptors (Lipinski definition) is 7. The SMILES string of the molecule is Nc1c2c(-c3ccc4c(c3)OCO4)nc(NCCc3ccccc3)nc2nn1-c1ccc(Cl)cc1. The van der Waals surface area contributed by atoms with Gasteiger partial charge >= 0.3 is 0 Å². The topological polar surface area (TPSA) is 100 Å². The average molecular weight is 485 g/mol. The molecule has 0 saturated heterocycles. The summed E-state index contributed by atoms with van der Waals surface area (Å²) in [5.74, 6) is 2.27. The molecule has 3 aromatic carbocycles. The number of anilines is 2. The van der Waals surface area contributed by atoms with Crippen LogP contribution in [0.1, 0.15) is 5.56 Å². The normalized spacial score (nSPS) is 12.3. The molecule has 0 atom stereocenters. The highest BCUT2D eigenvalue weighted by Crippen LogP contribution is 2.39. The van der Waals surface area contributed by atoms with E-state index in [1.165, 1.54) is 5.56 Å². The van der Waals surface area contributed by atoms with Crippen LogP contribution < -0.4 is 20.5 Å². The van der Waals surface area contributed by atoms with Crippen molar-refractivity contribution in [3.8, 4) is 28.4 Å².